The van der Waals surface area contributed by atoms with Gasteiger partial charge in [-0.2, -0.15) is 0 Å². The maximum absolute atomic E-state index is 14.6. The van der Waals surface area contributed by atoms with Gasteiger partial charge in [0.25, 0.3) is 0 Å². The topological polar surface area (TPSA) is 194 Å². The molecule has 4 heterocycles. The first kappa shape index (κ1) is 43.9. The Morgan fingerprint density at radius 2 is 1.87 bits per heavy atom. The number of anilines is 1. The number of hydrogen-bond donors (Lipinski definition) is 4. The molecule has 334 valence electrons. The lowest BCUT2D eigenvalue weighted by molar-refractivity contribution is -0.145. The number of nitrogens with zero attached hydrogens (tertiary/aromatic N) is 4. The van der Waals surface area contributed by atoms with Gasteiger partial charge in [-0.25, -0.2) is 19.6 Å². The van der Waals surface area contributed by atoms with E-state index in [0.717, 1.165) is 25.8 Å². The second-order valence-electron chi connectivity index (χ2n) is 17.9. The van der Waals surface area contributed by atoms with Gasteiger partial charge < -0.3 is 44.9 Å². The minimum atomic E-state index is -1.43. The molecule has 0 bridgehead atoms. The van der Waals surface area contributed by atoms with Crippen LogP contribution in [0.3, 0.4) is 0 Å². The number of carbonyl (C=O) groups excluding carboxylic acids is 3. The van der Waals surface area contributed by atoms with Crippen LogP contribution in [0.1, 0.15) is 66.2 Å². The molecule has 0 radical (unpaired) electrons. The van der Waals surface area contributed by atoms with Crippen LogP contribution < -0.4 is 25.4 Å². The summed E-state index contributed by atoms with van der Waals surface area (Å²) < 4.78 is 24.4. The summed E-state index contributed by atoms with van der Waals surface area (Å²) in [5.41, 5.74) is 0.381. The highest BCUT2D eigenvalue weighted by Crippen LogP contribution is 2.52. The van der Waals surface area contributed by atoms with Gasteiger partial charge in [0.15, 0.2) is 5.13 Å². The number of fused-ring (bicyclic) bond motifs is 2. The fourth-order valence-electron chi connectivity index (χ4n) is 9.12. The van der Waals surface area contributed by atoms with Crippen molar-refractivity contribution in [3.05, 3.63) is 40.8 Å². The number of rotatable bonds is 16. The minimum Gasteiger partial charge on any atom is -0.490 e. The summed E-state index contributed by atoms with van der Waals surface area (Å²) >= 11 is 8.54. The Kier molecular flexibility index (Phi) is 12.6. The van der Waals surface area contributed by atoms with E-state index in [9.17, 15) is 24.3 Å². The molecular weight excluding hydrogens is 838 g/mol. The number of carbonyl (C=O) groups is 4. The molecule has 2 aromatic heterocycles. The van der Waals surface area contributed by atoms with Crippen molar-refractivity contribution in [3.8, 4) is 22.9 Å². The van der Waals surface area contributed by atoms with Crippen LogP contribution in [0.15, 0.2) is 35.7 Å². The number of aromatic nitrogens is 2. The number of nitrogens with one attached hydrogen (secondary N) is 3. The third-order valence-corrected chi connectivity index (χ3v) is 14.1. The Balaban J connectivity index is 1.09. The van der Waals surface area contributed by atoms with E-state index >= 15 is 0 Å². The maximum atomic E-state index is 14.6. The molecule has 3 aromatic rings. The Morgan fingerprint density at radius 3 is 2.55 bits per heavy atom. The summed E-state index contributed by atoms with van der Waals surface area (Å²) in [4.78, 5) is 67.7. The van der Waals surface area contributed by atoms with E-state index in [0.29, 0.717) is 82.6 Å². The number of halogens is 1. The zero-order valence-corrected chi connectivity index (χ0v) is 37.4. The highest BCUT2D eigenvalue weighted by atomic mass is 35.5. The molecule has 4 N–H and O–H groups in total. The Labute approximate surface area is 370 Å². The predicted octanol–water partition coefficient (Wildman–Crippen LogP) is 5.73. The van der Waals surface area contributed by atoms with Crippen LogP contribution in [0.4, 0.5) is 9.93 Å². The first-order valence-corrected chi connectivity index (χ1v) is 22.8. The summed E-state index contributed by atoms with van der Waals surface area (Å²) in [6.45, 7) is 13.8. The number of likely N-dealkylation sites (tertiary alicyclic amines) is 1. The zero-order chi connectivity index (χ0) is 44.0. The fraction of sp³-hybridized carbons (Fsp3) is 0.591. The van der Waals surface area contributed by atoms with E-state index in [2.05, 4.69) is 27.4 Å². The lowest BCUT2D eigenvalue weighted by Gasteiger charge is -2.32. The van der Waals surface area contributed by atoms with Gasteiger partial charge in [-0.15, -0.1) is 11.3 Å². The van der Waals surface area contributed by atoms with Crippen molar-refractivity contribution in [3.63, 3.8) is 0 Å². The molecule has 0 spiro atoms. The minimum absolute atomic E-state index is 0.0203. The van der Waals surface area contributed by atoms with Crippen molar-refractivity contribution in [2.24, 2.45) is 17.8 Å². The van der Waals surface area contributed by atoms with E-state index in [1.165, 1.54) is 16.2 Å². The maximum Gasteiger partial charge on any atom is 0.408 e. The molecule has 5 fully saturated rings. The van der Waals surface area contributed by atoms with E-state index in [1.807, 2.05) is 39.3 Å². The van der Waals surface area contributed by atoms with Crippen molar-refractivity contribution in [1.29, 1.82) is 0 Å². The first-order valence-electron chi connectivity index (χ1n) is 21.6. The molecule has 2 aliphatic heterocycles. The summed E-state index contributed by atoms with van der Waals surface area (Å²) in [5, 5.41) is 22.5. The third kappa shape index (κ3) is 9.17. The van der Waals surface area contributed by atoms with E-state index in [-0.39, 0.29) is 48.5 Å². The van der Waals surface area contributed by atoms with Crippen molar-refractivity contribution in [2.45, 2.75) is 108 Å². The number of morpholine rings is 1. The number of carboxylic acid groups (broad SMARTS) is 1. The van der Waals surface area contributed by atoms with Crippen LogP contribution in [-0.2, 0) is 23.9 Å². The molecule has 2 saturated heterocycles. The van der Waals surface area contributed by atoms with Crippen LogP contribution >= 0.6 is 22.9 Å². The van der Waals surface area contributed by atoms with Gasteiger partial charge in [0.2, 0.25) is 11.8 Å². The van der Waals surface area contributed by atoms with Crippen LogP contribution in [0.25, 0.3) is 22.3 Å². The molecule has 62 heavy (non-hydrogen) atoms. The lowest BCUT2D eigenvalue weighted by atomic mass is 10.1. The SMILES string of the molecule is C=C(C)[C@H](NC(=O)OC1C[C@@H]2C[C@@H]2C1)C(=O)N1C[C@H](Oc2cc(-c3csc(NC(C)C)n3)nc3c(Cl)c(OC[C@@H]4COCCN4C)ccc23)C[C@H]1C(=O)N[C@]1(C(=O)O)C[C@H]1CC. The number of ether oxygens (including phenoxy) is 4. The summed E-state index contributed by atoms with van der Waals surface area (Å²) in [6, 6.07) is 3.18. The van der Waals surface area contributed by atoms with Gasteiger partial charge >= 0.3 is 12.1 Å². The Morgan fingerprint density at radius 1 is 1.10 bits per heavy atom. The Hall–Kier alpha value is -4.71. The molecule has 3 amide bonds. The predicted molar refractivity (Wildman–Crippen MR) is 234 cm³/mol. The molecule has 9 atom stereocenters. The van der Waals surface area contributed by atoms with Gasteiger partial charge in [-0.3, -0.25) is 14.5 Å². The zero-order valence-electron chi connectivity index (χ0n) is 35.8. The van der Waals surface area contributed by atoms with Crippen molar-refractivity contribution in [1.82, 2.24) is 30.4 Å². The second-order valence-corrected chi connectivity index (χ2v) is 19.1. The van der Waals surface area contributed by atoms with Crippen molar-refractivity contribution >= 4 is 62.8 Å². The molecule has 18 heteroatoms. The van der Waals surface area contributed by atoms with Crippen LogP contribution in [0.5, 0.6) is 11.5 Å². The van der Waals surface area contributed by atoms with E-state index < -0.39 is 47.6 Å². The average Bonchev–Trinajstić information content (AvgIpc) is 3.90. The molecule has 1 unspecified atom stereocenters. The summed E-state index contributed by atoms with van der Waals surface area (Å²) in [7, 11) is 2.03. The van der Waals surface area contributed by atoms with Gasteiger partial charge in [0.1, 0.15) is 58.7 Å². The lowest BCUT2D eigenvalue weighted by Crippen LogP contribution is -2.56. The quantitative estimate of drug-likeness (QED) is 0.128. The van der Waals surface area contributed by atoms with E-state index in [4.69, 9.17) is 40.5 Å². The van der Waals surface area contributed by atoms with Crippen LogP contribution in [0.2, 0.25) is 5.02 Å². The van der Waals surface area contributed by atoms with Gasteiger partial charge in [0, 0.05) is 35.8 Å². The van der Waals surface area contributed by atoms with E-state index in [1.54, 1.807) is 19.1 Å². The summed E-state index contributed by atoms with van der Waals surface area (Å²) in [5.74, 6) is -0.595. The largest absolute Gasteiger partial charge is 0.490 e. The normalized spacial score (nSPS) is 28.2. The van der Waals surface area contributed by atoms with Crippen LogP contribution in [0, 0.1) is 17.8 Å². The first-order chi connectivity index (χ1) is 29.6. The number of thiazole rings is 1. The number of amides is 3. The molecule has 16 nitrogen and oxygen atoms in total. The second kappa shape index (κ2) is 17.8. The smallest absolute Gasteiger partial charge is 0.408 e. The highest BCUT2D eigenvalue weighted by molar-refractivity contribution is 7.14. The number of aliphatic carboxylic acids is 1. The average molecular weight is 894 g/mol. The van der Waals surface area contributed by atoms with Gasteiger partial charge in [-0.05, 0) is 89.0 Å². The fourth-order valence-corrected chi connectivity index (χ4v) is 10.2. The van der Waals surface area contributed by atoms with Crippen molar-refractivity contribution in [2.75, 3.05) is 45.3 Å². The third-order valence-electron chi connectivity index (χ3n) is 12.9. The number of carboxylic acids is 1. The molecule has 5 aliphatic rings. The molecular formula is C44H56ClN7O9S. The molecule has 8 rings (SSSR count). The highest BCUT2D eigenvalue weighted by Gasteiger charge is 2.61. The van der Waals surface area contributed by atoms with Gasteiger partial charge in [-0.1, -0.05) is 31.5 Å². The molecule has 3 aliphatic carbocycles. The number of hydrogen-bond acceptors (Lipinski definition) is 13. The van der Waals surface area contributed by atoms with Gasteiger partial charge in [0.05, 0.1) is 37.0 Å². The molecule has 1 aromatic carbocycles. The number of benzene rings is 1. The standard InChI is InChI=1S/C44H56ClN7O9S/c1-7-26-17-44(26,41(55)56)50-39(53)33-15-29(18-52(33)40(54)37(22(2)3)49-43(57)61-28-13-24-12-25(24)14-28)60-35-16-31(32-21-62-42(48-32)46-23(4)5)47-38-30(35)8-9-34(36(38)45)59-20-27-19-58-11-10-51(27)6/h8-9,16,21,23-29,33,37H,2,7,10-15,17-20H2,1,3-6H3,(H,46,48)(H,49,57)(H,50,53)(H,55,56)/t24-,25+,26-,27+,28?,29-,33+,37+,44-/m1/s1. The monoisotopic (exact) mass is 893 g/mol. The number of pyridine rings is 1. The van der Waals surface area contributed by atoms with Crippen LogP contribution in [-0.4, -0.2) is 131 Å². The molecule has 3 saturated carbocycles. The van der Waals surface area contributed by atoms with Crippen molar-refractivity contribution < 1.29 is 43.2 Å². The number of likely N-dealkylation sites (N-methyl/N-ethyl adjacent to an activating group) is 1. The Bertz CT molecular complexity index is 2230. The number of alkyl carbamates (subject to hydrolysis) is 1. The summed E-state index contributed by atoms with van der Waals surface area (Å²) in [6.07, 6.45) is 1.92.